The lowest BCUT2D eigenvalue weighted by Gasteiger charge is -2.38. The number of pyridine rings is 1. The van der Waals surface area contributed by atoms with E-state index in [1.54, 1.807) is 12.3 Å². The van der Waals surface area contributed by atoms with E-state index in [9.17, 15) is 37.0 Å². The molecule has 13 heteroatoms. The molecular weight excluding hydrogens is 573 g/mol. The van der Waals surface area contributed by atoms with Crippen molar-refractivity contribution in [2.24, 2.45) is 23.2 Å². The summed E-state index contributed by atoms with van der Waals surface area (Å²) < 4.78 is 73.8. The Kier molecular flexibility index (Phi) is 8.16. The summed E-state index contributed by atoms with van der Waals surface area (Å²) in [5.74, 6) is -0.632. The SMILES string of the molecule is CC(C)[C@H]1CC[C@H](C)C[C@@H]1c1c(CC2(C(F)(F)F)CC2)nc(CC(O)(c2ccc(-n3cccn3)cn2)C(F)F)n1C(=O)O. The van der Waals surface area contributed by atoms with E-state index in [0.29, 0.717) is 12.1 Å². The maximum Gasteiger partial charge on any atom is 0.417 e. The molecule has 2 saturated carbocycles. The standard InChI is InChI=1S/C30H36F5N5O3/c1-17(2)20-7-5-18(3)13-21(20)25-22(14-28(9-10-28)30(33,34)35)38-24(40(25)27(41)42)15-29(43,26(31)32)23-8-6-19(16-36-23)39-12-4-11-37-39/h4,6,8,11-12,16-18,20-21,26,43H,5,7,9-10,13-15H2,1-3H3,(H,41,42)/t18-,20+,21-,29?/m0/s1. The molecule has 5 rings (SSSR count). The molecule has 0 aliphatic heterocycles. The van der Waals surface area contributed by atoms with Crippen LogP contribution in [0.3, 0.4) is 0 Å². The van der Waals surface area contributed by atoms with Crippen LogP contribution in [-0.2, 0) is 18.4 Å². The van der Waals surface area contributed by atoms with Crippen molar-refractivity contribution in [1.29, 1.82) is 0 Å². The Balaban J connectivity index is 1.62. The fraction of sp³-hybridized carbons (Fsp3) is 0.600. The molecule has 3 aromatic rings. The summed E-state index contributed by atoms with van der Waals surface area (Å²) in [4.78, 5) is 21.2. The van der Waals surface area contributed by atoms with E-state index in [4.69, 9.17) is 0 Å². The maximum atomic E-state index is 14.6. The summed E-state index contributed by atoms with van der Waals surface area (Å²) in [5.41, 5.74) is -4.91. The molecule has 2 fully saturated rings. The van der Waals surface area contributed by atoms with Gasteiger partial charge < -0.3 is 10.2 Å². The van der Waals surface area contributed by atoms with Gasteiger partial charge in [-0.15, -0.1) is 0 Å². The first kappa shape index (κ1) is 31.1. The second-order valence-corrected chi connectivity index (χ2v) is 12.6. The Morgan fingerprint density at radius 1 is 1.19 bits per heavy atom. The lowest BCUT2D eigenvalue weighted by Crippen LogP contribution is -2.39. The number of halogens is 5. The third-order valence-electron chi connectivity index (χ3n) is 9.33. The van der Waals surface area contributed by atoms with Crippen LogP contribution >= 0.6 is 0 Å². The molecule has 0 amide bonds. The normalized spacial score (nSPS) is 23.5. The first-order valence-corrected chi connectivity index (χ1v) is 14.5. The van der Waals surface area contributed by atoms with Gasteiger partial charge in [-0.2, -0.15) is 18.3 Å². The minimum Gasteiger partial charge on any atom is -0.464 e. The average Bonchev–Trinajstić information content (AvgIpc) is 3.37. The van der Waals surface area contributed by atoms with Gasteiger partial charge in [0.15, 0.2) is 5.60 Å². The predicted molar refractivity (Wildman–Crippen MR) is 146 cm³/mol. The molecule has 2 aliphatic rings. The van der Waals surface area contributed by atoms with Crippen molar-refractivity contribution in [3.05, 3.63) is 59.7 Å². The topological polar surface area (TPSA) is 106 Å². The van der Waals surface area contributed by atoms with Crippen LogP contribution in [0.25, 0.3) is 5.69 Å². The van der Waals surface area contributed by atoms with Gasteiger partial charge in [0, 0.05) is 31.2 Å². The number of hydrogen-bond donors (Lipinski definition) is 2. The second kappa shape index (κ2) is 11.3. The number of imidazole rings is 1. The molecule has 0 spiro atoms. The molecule has 0 radical (unpaired) electrons. The Bertz CT molecular complexity index is 1430. The third-order valence-corrected chi connectivity index (χ3v) is 9.33. The number of carbonyl (C=O) groups is 1. The zero-order valence-corrected chi connectivity index (χ0v) is 24.2. The van der Waals surface area contributed by atoms with Gasteiger partial charge in [-0.05, 0) is 61.6 Å². The van der Waals surface area contributed by atoms with Crippen LogP contribution in [0.2, 0.25) is 0 Å². The Morgan fingerprint density at radius 2 is 1.91 bits per heavy atom. The Hall–Kier alpha value is -3.35. The van der Waals surface area contributed by atoms with Crippen molar-refractivity contribution < 1.29 is 37.0 Å². The highest BCUT2D eigenvalue weighted by molar-refractivity contribution is 5.71. The van der Waals surface area contributed by atoms with Crippen LogP contribution in [0, 0.1) is 23.2 Å². The van der Waals surface area contributed by atoms with E-state index in [-0.39, 0.29) is 42.0 Å². The molecule has 2 N–H and O–H groups in total. The van der Waals surface area contributed by atoms with Gasteiger partial charge in [0.05, 0.1) is 34.4 Å². The summed E-state index contributed by atoms with van der Waals surface area (Å²) in [6.07, 6.45) is -4.68. The fourth-order valence-electron chi connectivity index (χ4n) is 6.64. The number of rotatable bonds is 9. The number of hydrogen-bond acceptors (Lipinski definition) is 5. The summed E-state index contributed by atoms with van der Waals surface area (Å²) in [5, 5.41) is 25.8. The summed E-state index contributed by atoms with van der Waals surface area (Å²) >= 11 is 0. The van der Waals surface area contributed by atoms with E-state index in [1.807, 2.05) is 20.8 Å². The summed E-state index contributed by atoms with van der Waals surface area (Å²) in [6, 6.07) is 4.28. The smallest absolute Gasteiger partial charge is 0.417 e. The minimum atomic E-state index is -4.53. The first-order chi connectivity index (χ1) is 20.2. The van der Waals surface area contributed by atoms with Gasteiger partial charge in [0.2, 0.25) is 0 Å². The maximum absolute atomic E-state index is 14.6. The molecule has 0 aromatic carbocycles. The molecule has 0 bridgehead atoms. The van der Waals surface area contributed by atoms with Gasteiger partial charge in [-0.25, -0.2) is 27.8 Å². The van der Waals surface area contributed by atoms with Crippen molar-refractivity contribution in [3.8, 4) is 5.69 Å². The number of carboxylic acid groups (broad SMARTS) is 1. The molecule has 3 heterocycles. The van der Waals surface area contributed by atoms with Crippen LogP contribution < -0.4 is 0 Å². The molecule has 234 valence electrons. The predicted octanol–water partition coefficient (Wildman–Crippen LogP) is 6.75. The van der Waals surface area contributed by atoms with Gasteiger partial charge in [0.1, 0.15) is 5.82 Å². The number of aliphatic hydroxyl groups is 1. The van der Waals surface area contributed by atoms with Crippen molar-refractivity contribution in [1.82, 2.24) is 24.3 Å². The number of aromatic nitrogens is 5. The van der Waals surface area contributed by atoms with Gasteiger partial charge in [-0.3, -0.25) is 4.98 Å². The highest BCUT2D eigenvalue weighted by Gasteiger charge is 2.63. The van der Waals surface area contributed by atoms with Gasteiger partial charge in [-0.1, -0.05) is 27.2 Å². The van der Waals surface area contributed by atoms with E-state index in [2.05, 4.69) is 15.1 Å². The fourth-order valence-corrected chi connectivity index (χ4v) is 6.64. The number of nitrogens with zero attached hydrogens (tertiary/aromatic N) is 5. The zero-order valence-electron chi connectivity index (χ0n) is 24.2. The molecule has 0 saturated heterocycles. The van der Waals surface area contributed by atoms with E-state index < -0.39 is 60.0 Å². The lowest BCUT2D eigenvalue weighted by molar-refractivity contribution is -0.186. The van der Waals surface area contributed by atoms with E-state index in [0.717, 1.165) is 17.4 Å². The van der Waals surface area contributed by atoms with Crippen molar-refractivity contribution in [2.45, 2.75) is 89.8 Å². The molecule has 8 nitrogen and oxygen atoms in total. The molecule has 2 aliphatic carbocycles. The summed E-state index contributed by atoms with van der Waals surface area (Å²) in [6.45, 7) is 5.99. The summed E-state index contributed by atoms with van der Waals surface area (Å²) in [7, 11) is 0. The highest BCUT2D eigenvalue weighted by atomic mass is 19.4. The molecular formula is C30H36F5N5O3. The van der Waals surface area contributed by atoms with Crippen molar-refractivity contribution in [2.75, 3.05) is 0 Å². The quantitative estimate of drug-likeness (QED) is 0.260. The van der Waals surface area contributed by atoms with E-state index in [1.165, 1.54) is 29.2 Å². The largest absolute Gasteiger partial charge is 0.464 e. The zero-order chi connectivity index (χ0) is 31.3. The number of alkyl halides is 5. The van der Waals surface area contributed by atoms with Crippen LogP contribution in [0.5, 0.6) is 0 Å². The first-order valence-electron chi connectivity index (χ1n) is 14.5. The third kappa shape index (κ3) is 5.80. The molecule has 1 unspecified atom stereocenters. The molecule has 3 aromatic heterocycles. The van der Waals surface area contributed by atoms with Crippen LogP contribution in [0.4, 0.5) is 26.7 Å². The Labute approximate surface area is 246 Å². The van der Waals surface area contributed by atoms with Crippen LogP contribution in [0.15, 0.2) is 36.8 Å². The second-order valence-electron chi connectivity index (χ2n) is 12.6. The lowest BCUT2D eigenvalue weighted by atomic mass is 9.68. The van der Waals surface area contributed by atoms with Gasteiger partial charge in [0.25, 0.3) is 6.43 Å². The monoisotopic (exact) mass is 609 g/mol. The van der Waals surface area contributed by atoms with Crippen LogP contribution in [0.1, 0.15) is 81.7 Å². The van der Waals surface area contributed by atoms with Crippen molar-refractivity contribution >= 4 is 6.09 Å². The van der Waals surface area contributed by atoms with E-state index >= 15 is 0 Å². The minimum absolute atomic E-state index is 0.0378. The highest BCUT2D eigenvalue weighted by Crippen LogP contribution is 2.60. The molecule has 4 atom stereocenters. The van der Waals surface area contributed by atoms with Crippen LogP contribution in [-0.4, -0.2) is 53.2 Å². The Morgan fingerprint density at radius 3 is 2.42 bits per heavy atom. The molecule has 43 heavy (non-hydrogen) atoms. The average molecular weight is 610 g/mol. The van der Waals surface area contributed by atoms with Gasteiger partial charge >= 0.3 is 12.3 Å². The van der Waals surface area contributed by atoms with Crippen molar-refractivity contribution in [3.63, 3.8) is 0 Å².